The minimum Gasteiger partial charge on any atom is -0.456 e. The summed E-state index contributed by atoms with van der Waals surface area (Å²) in [6.07, 6.45) is 0.805. The van der Waals surface area contributed by atoms with Gasteiger partial charge in [-0.15, -0.1) is 11.3 Å². The van der Waals surface area contributed by atoms with E-state index in [4.69, 9.17) is 37.3 Å². The quantitative estimate of drug-likeness (QED) is 0.142. The van der Waals surface area contributed by atoms with Crippen molar-refractivity contribution in [1.82, 2.24) is 0 Å². The first-order valence-electron chi connectivity index (χ1n) is 27.8. The Bertz CT molecular complexity index is 4250. The van der Waals surface area contributed by atoms with E-state index in [-0.39, 0.29) is 25.7 Å². The van der Waals surface area contributed by atoms with Gasteiger partial charge in [0.25, 0.3) is 0 Å². The highest BCUT2D eigenvalue weighted by Gasteiger charge is 2.15. The Labute approximate surface area is 330 Å². The average molecular weight is 687 g/mol. The van der Waals surface area contributed by atoms with Crippen LogP contribution in [0.4, 0.5) is 0 Å². The standard InChI is InChI=1S/C45H29N3OS/c46-44(32-23-21-30(22-24-32)29-11-3-1-4-12-29)48-45(47-28-34-15-9-18-37-36-16-7-8-20-41(36)50-43(34)37)33-25-26-38-40(27-33)49-39-19-10-17-35(42(38)39)31-13-5-2-6-14-31/h1-28,46H/i1D,2D,3D,4D,5D,6D,7D,8D,9D,10D,11D,12D,13D,14D,15D,16D,17D,18D,19D,20D,21D,22D,23D,24D,25D,26D,27D. The molecule has 0 atom stereocenters. The zero-order valence-electron chi connectivity index (χ0n) is 51.8. The molecule has 1 N–H and O–H groups in total. The van der Waals surface area contributed by atoms with Gasteiger partial charge < -0.3 is 4.42 Å². The highest BCUT2D eigenvalue weighted by atomic mass is 32.1. The first-order valence-corrected chi connectivity index (χ1v) is 15.1. The van der Waals surface area contributed by atoms with Crippen molar-refractivity contribution in [3.05, 3.63) is 180 Å². The molecule has 2 aromatic heterocycles. The van der Waals surface area contributed by atoms with E-state index < -0.39 is 230 Å². The number of benzene rings is 7. The Hall–Kier alpha value is -6.43. The van der Waals surface area contributed by atoms with Crippen molar-refractivity contribution in [3.63, 3.8) is 0 Å². The van der Waals surface area contributed by atoms with Gasteiger partial charge in [0.15, 0.2) is 11.7 Å². The molecule has 0 aliphatic rings. The molecule has 0 radical (unpaired) electrons. The van der Waals surface area contributed by atoms with Gasteiger partial charge in [0.2, 0.25) is 0 Å². The van der Waals surface area contributed by atoms with Crippen molar-refractivity contribution in [3.8, 4) is 22.3 Å². The Kier molecular flexibility index (Phi) is 3.21. The minimum absolute atomic E-state index is 0.0790. The second kappa shape index (κ2) is 12.5. The number of furan rings is 1. The third-order valence-corrected chi connectivity index (χ3v) is 8.29. The lowest BCUT2D eigenvalue weighted by Crippen LogP contribution is -2.04. The summed E-state index contributed by atoms with van der Waals surface area (Å²) in [7, 11) is 0. The molecule has 7 aromatic carbocycles. The van der Waals surface area contributed by atoms with Crippen LogP contribution in [-0.4, -0.2) is 17.9 Å². The normalized spacial score (nSPS) is 19.7. The van der Waals surface area contributed by atoms with Crippen LogP contribution in [0, 0.1) is 5.41 Å². The van der Waals surface area contributed by atoms with Crippen LogP contribution in [0.25, 0.3) is 64.4 Å². The van der Waals surface area contributed by atoms with Gasteiger partial charge in [-0.2, -0.15) is 0 Å². The smallest absolute Gasteiger partial charge is 0.161 e. The van der Waals surface area contributed by atoms with E-state index in [1.165, 1.54) is 0 Å². The van der Waals surface area contributed by atoms with Crippen LogP contribution in [-0.2, 0) is 0 Å². The molecule has 4 nitrogen and oxygen atoms in total. The van der Waals surface area contributed by atoms with Crippen LogP contribution >= 0.6 is 11.3 Å². The van der Waals surface area contributed by atoms with Crippen molar-refractivity contribution in [2.45, 2.75) is 0 Å². The molecule has 236 valence electrons. The Balaban J connectivity index is 1.38. The molecule has 0 amide bonds. The Morgan fingerprint density at radius 1 is 0.600 bits per heavy atom. The van der Waals surface area contributed by atoms with Crippen molar-refractivity contribution in [2.24, 2.45) is 9.98 Å². The summed E-state index contributed by atoms with van der Waals surface area (Å²) in [5, 5.41) is 7.82. The van der Waals surface area contributed by atoms with E-state index in [1.807, 2.05) is 0 Å². The fraction of sp³-hybridized carbons (Fsp3) is 0. The van der Waals surface area contributed by atoms with Crippen molar-refractivity contribution in [1.29, 1.82) is 5.41 Å². The molecule has 9 rings (SSSR count). The maximum Gasteiger partial charge on any atom is 0.161 e. The van der Waals surface area contributed by atoms with Gasteiger partial charge in [0, 0.05) is 53.8 Å². The first-order chi connectivity index (χ1) is 35.9. The predicted molar refractivity (Wildman–Crippen MR) is 211 cm³/mol. The van der Waals surface area contributed by atoms with Gasteiger partial charge in [-0.05, 0) is 46.4 Å². The third kappa shape index (κ3) is 5.40. The van der Waals surface area contributed by atoms with Crippen molar-refractivity contribution >= 4 is 71.3 Å². The number of hydrogen-bond donors (Lipinski definition) is 1. The lowest BCUT2D eigenvalue weighted by Gasteiger charge is -2.06. The number of nitrogens with one attached hydrogen (secondary N) is 1. The molecule has 0 bridgehead atoms. The number of thiophene rings is 1. The number of nitrogens with zero attached hydrogens (tertiary/aromatic N) is 2. The number of hydrogen-bond acceptors (Lipinski definition) is 3. The van der Waals surface area contributed by atoms with Crippen molar-refractivity contribution < 1.29 is 41.4 Å². The molecule has 0 aliphatic heterocycles. The topological polar surface area (TPSA) is 61.7 Å². The summed E-state index contributed by atoms with van der Waals surface area (Å²) in [6, 6.07) is -22.6. The molecule has 9 aromatic rings. The summed E-state index contributed by atoms with van der Waals surface area (Å²) in [5.74, 6) is -2.19. The minimum atomic E-state index is -1.21. The predicted octanol–water partition coefficient (Wildman–Crippen LogP) is 12.2. The zero-order valence-corrected chi connectivity index (χ0v) is 25.6. The average Bonchev–Trinajstić information content (AvgIpc) is 4.00. The molecule has 0 saturated heterocycles. The van der Waals surface area contributed by atoms with Crippen LogP contribution in [0.15, 0.2) is 178 Å². The molecule has 0 fully saturated rings. The highest BCUT2D eigenvalue weighted by molar-refractivity contribution is 7.26. The summed E-state index contributed by atoms with van der Waals surface area (Å²) >= 11 is 0.691. The molecular weight excluding hydrogens is 631 g/mol. The summed E-state index contributed by atoms with van der Waals surface area (Å²) in [4.78, 5) is 8.49. The van der Waals surface area contributed by atoms with Gasteiger partial charge in [-0.1, -0.05) is 139 Å². The fourth-order valence-electron chi connectivity index (χ4n) is 4.93. The van der Waals surface area contributed by atoms with E-state index >= 15 is 0 Å². The van der Waals surface area contributed by atoms with Crippen LogP contribution in [0.2, 0.25) is 0 Å². The number of amidine groups is 2. The zero-order chi connectivity index (χ0) is 56.9. The maximum atomic E-state index is 9.55. The second-order valence-corrected chi connectivity index (χ2v) is 11.1. The molecule has 0 saturated carbocycles. The van der Waals surface area contributed by atoms with Crippen LogP contribution < -0.4 is 0 Å². The van der Waals surface area contributed by atoms with Gasteiger partial charge in [0.1, 0.15) is 11.2 Å². The van der Waals surface area contributed by atoms with Crippen LogP contribution in [0.3, 0.4) is 0 Å². The van der Waals surface area contributed by atoms with E-state index in [2.05, 4.69) is 9.98 Å². The van der Waals surface area contributed by atoms with Gasteiger partial charge in [0.05, 0.1) is 37.0 Å². The van der Waals surface area contributed by atoms with E-state index in [1.54, 1.807) is 0 Å². The fourth-order valence-corrected chi connectivity index (χ4v) is 5.96. The number of fused-ring (bicyclic) bond motifs is 6. The Morgan fingerprint density at radius 2 is 1.28 bits per heavy atom. The monoisotopic (exact) mass is 686 g/mol. The van der Waals surface area contributed by atoms with E-state index in [0.29, 0.717) is 11.3 Å². The first kappa shape index (κ1) is 12.8. The lowest BCUT2D eigenvalue weighted by atomic mass is 9.99. The van der Waals surface area contributed by atoms with Gasteiger partial charge >= 0.3 is 0 Å². The van der Waals surface area contributed by atoms with Crippen LogP contribution in [0.5, 0.6) is 0 Å². The summed E-state index contributed by atoms with van der Waals surface area (Å²) < 4.78 is 240. The summed E-state index contributed by atoms with van der Waals surface area (Å²) in [6.45, 7) is 0. The molecule has 2 heterocycles. The molecule has 0 spiro atoms. The maximum absolute atomic E-state index is 9.55. The number of rotatable bonds is 5. The largest absolute Gasteiger partial charge is 0.456 e. The van der Waals surface area contributed by atoms with Crippen molar-refractivity contribution in [2.75, 3.05) is 0 Å². The summed E-state index contributed by atoms with van der Waals surface area (Å²) in [5.41, 5.74) is -6.19. The molecule has 50 heavy (non-hydrogen) atoms. The molecule has 0 unspecified atom stereocenters. The van der Waals surface area contributed by atoms with Crippen LogP contribution in [0.1, 0.15) is 53.7 Å². The molecular formula is C45H29N3OS. The SMILES string of the molecule is [2H]c1c([2H])c([2H])c(-c2c([2H])c([2H])c(C(=N)N=C(N=Cc3c([2H])c([2H])c([2H])c4c3sc3c([2H])c([2H])c([2H])c([2H])c34)c3c([2H])c([2H])c4c(oc5c([2H])c([2H])c([2H])c(-c6c([2H])c([2H])c([2H])c([2H])c6[2H])c54)c3[2H])c([2H])c2[2H])c([2H])c1[2H]. The highest BCUT2D eigenvalue weighted by Crippen LogP contribution is 2.38. The van der Waals surface area contributed by atoms with E-state index in [9.17, 15) is 9.52 Å². The number of aliphatic imine (C=N–C) groups is 2. The molecule has 5 heteroatoms. The Morgan fingerprint density at radius 3 is 2.10 bits per heavy atom. The second-order valence-electron chi connectivity index (χ2n) is 10.1. The molecule has 0 aliphatic carbocycles. The van der Waals surface area contributed by atoms with Gasteiger partial charge in [-0.3, -0.25) is 5.41 Å². The van der Waals surface area contributed by atoms with E-state index in [0.717, 1.165) is 6.21 Å². The lowest BCUT2D eigenvalue weighted by molar-refractivity contribution is 0.669. The third-order valence-electron chi connectivity index (χ3n) is 7.16. The van der Waals surface area contributed by atoms with Gasteiger partial charge in [-0.25, -0.2) is 9.98 Å².